The number of aliphatic hydroxyl groups excluding tert-OH is 2. The molecular weight excluding hydrogens is 572 g/mol. The standard InChI is InChI=1S/C40H60N2O4/c1-27(2)37(35-17-13-31(25-43)14-18-35)41(39(7,8)9)45-29(5)33-21-23-34(24-22-33)30(6)46-42(40(10,11)12)38(28(3)4)36-19-15-32(26-44)16-20-36/h13-24,27-30,37-38,43-44H,25-26H2,1-12H3. The van der Waals surface area contributed by atoms with E-state index in [2.05, 4.69) is 142 Å². The Hall–Kier alpha value is -2.58. The Balaban J connectivity index is 1.83. The van der Waals surface area contributed by atoms with E-state index in [9.17, 15) is 10.2 Å². The third kappa shape index (κ3) is 9.72. The molecule has 0 spiro atoms. The quantitative estimate of drug-likeness (QED) is 0.173. The molecule has 6 heteroatoms. The second-order valence-corrected chi connectivity index (χ2v) is 15.3. The molecule has 0 bridgehead atoms. The number of benzene rings is 3. The SMILES string of the molecule is CC(ON(C(c1ccc(CO)cc1)C(C)C)C(C)(C)C)c1ccc(C(C)ON(C(c2ccc(CO)cc2)C(C)C)C(C)(C)C)cc1. The lowest BCUT2D eigenvalue weighted by Gasteiger charge is -2.44. The fraction of sp³-hybridized carbons (Fsp3) is 0.550. The topological polar surface area (TPSA) is 65.4 Å². The van der Waals surface area contributed by atoms with Crippen molar-refractivity contribution in [3.05, 3.63) is 106 Å². The minimum absolute atomic E-state index is 0.0363. The first-order chi connectivity index (χ1) is 21.5. The summed E-state index contributed by atoms with van der Waals surface area (Å²) in [5.41, 5.74) is 5.85. The largest absolute Gasteiger partial charge is 0.392 e. The van der Waals surface area contributed by atoms with Crippen LogP contribution in [0.3, 0.4) is 0 Å². The van der Waals surface area contributed by atoms with Crippen LogP contribution in [-0.2, 0) is 22.9 Å². The van der Waals surface area contributed by atoms with Gasteiger partial charge in [-0.2, -0.15) is 10.1 Å². The van der Waals surface area contributed by atoms with Gasteiger partial charge in [0.25, 0.3) is 0 Å². The van der Waals surface area contributed by atoms with Crippen molar-refractivity contribution in [1.29, 1.82) is 0 Å². The van der Waals surface area contributed by atoms with Crippen LogP contribution in [0.4, 0.5) is 0 Å². The molecule has 3 aromatic rings. The van der Waals surface area contributed by atoms with Crippen molar-refractivity contribution < 1.29 is 19.9 Å². The normalized spacial score (nSPS) is 15.5. The minimum Gasteiger partial charge on any atom is -0.392 e. The third-order valence-electron chi connectivity index (χ3n) is 8.52. The van der Waals surface area contributed by atoms with Gasteiger partial charge in [0.1, 0.15) is 12.2 Å². The van der Waals surface area contributed by atoms with Crippen molar-refractivity contribution in [3.8, 4) is 0 Å². The van der Waals surface area contributed by atoms with Crippen molar-refractivity contribution in [2.75, 3.05) is 0 Å². The molecule has 0 amide bonds. The highest BCUT2D eigenvalue weighted by molar-refractivity contribution is 5.28. The zero-order valence-electron chi connectivity index (χ0n) is 30.4. The van der Waals surface area contributed by atoms with Crippen molar-refractivity contribution >= 4 is 0 Å². The average molecular weight is 633 g/mol. The van der Waals surface area contributed by atoms with Crippen LogP contribution in [0.25, 0.3) is 0 Å². The molecule has 46 heavy (non-hydrogen) atoms. The number of aliphatic hydroxyl groups is 2. The molecule has 3 rings (SSSR count). The van der Waals surface area contributed by atoms with Crippen LogP contribution < -0.4 is 0 Å². The lowest BCUT2D eigenvalue weighted by molar-refractivity contribution is -0.273. The smallest absolute Gasteiger partial charge is 0.102 e. The number of rotatable bonds is 14. The highest BCUT2D eigenvalue weighted by Gasteiger charge is 2.36. The van der Waals surface area contributed by atoms with Crippen LogP contribution in [0.2, 0.25) is 0 Å². The summed E-state index contributed by atoms with van der Waals surface area (Å²) < 4.78 is 0. The van der Waals surface area contributed by atoms with Gasteiger partial charge in [-0.05, 0) is 101 Å². The summed E-state index contributed by atoms with van der Waals surface area (Å²) in [6.45, 7) is 26.3. The predicted octanol–water partition coefficient (Wildman–Crippen LogP) is 9.65. The summed E-state index contributed by atoms with van der Waals surface area (Å²) >= 11 is 0. The van der Waals surface area contributed by atoms with Gasteiger partial charge in [0.15, 0.2) is 0 Å². The first-order valence-electron chi connectivity index (χ1n) is 16.9. The molecule has 0 aliphatic heterocycles. The number of hydroxylamine groups is 4. The lowest BCUT2D eigenvalue weighted by atomic mass is 9.91. The Labute approximate surface area is 279 Å². The van der Waals surface area contributed by atoms with Gasteiger partial charge >= 0.3 is 0 Å². The van der Waals surface area contributed by atoms with E-state index >= 15 is 0 Å². The molecule has 0 fully saturated rings. The highest BCUT2D eigenvalue weighted by Crippen LogP contribution is 2.39. The molecule has 0 aromatic heterocycles. The van der Waals surface area contributed by atoms with Crippen LogP contribution in [0.15, 0.2) is 72.8 Å². The fourth-order valence-corrected chi connectivity index (χ4v) is 6.00. The van der Waals surface area contributed by atoms with Crippen LogP contribution in [-0.4, -0.2) is 31.4 Å². The molecule has 0 aliphatic carbocycles. The molecule has 0 aliphatic rings. The first kappa shape index (κ1) is 37.9. The van der Waals surface area contributed by atoms with Crippen molar-refractivity contribution in [2.45, 2.75) is 132 Å². The average Bonchev–Trinajstić information content (AvgIpc) is 2.99. The fourth-order valence-electron chi connectivity index (χ4n) is 6.00. The molecule has 3 aromatic carbocycles. The molecular formula is C40H60N2O4. The maximum atomic E-state index is 9.55. The van der Waals surface area contributed by atoms with Gasteiger partial charge in [-0.25, -0.2) is 0 Å². The molecule has 4 atom stereocenters. The summed E-state index contributed by atoms with van der Waals surface area (Å²) in [4.78, 5) is 13.6. The lowest BCUT2D eigenvalue weighted by Crippen LogP contribution is -2.46. The summed E-state index contributed by atoms with van der Waals surface area (Å²) in [7, 11) is 0. The molecule has 6 nitrogen and oxygen atoms in total. The van der Waals surface area contributed by atoms with E-state index in [-0.39, 0.29) is 48.6 Å². The van der Waals surface area contributed by atoms with E-state index in [1.807, 2.05) is 24.3 Å². The Morgan fingerprint density at radius 1 is 0.478 bits per heavy atom. The Kier molecular flexibility index (Phi) is 13.2. The zero-order valence-corrected chi connectivity index (χ0v) is 30.4. The maximum Gasteiger partial charge on any atom is 0.102 e. The predicted molar refractivity (Wildman–Crippen MR) is 189 cm³/mol. The van der Waals surface area contributed by atoms with Gasteiger partial charge in [-0.3, -0.25) is 9.68 Å². The zero-order chi connectivity index (χ0) is 34.4. The molecule has 0 saturated heterocycles. The van der Waals surface area contributed by atoms with E-state index in [1.54, 1.807) is 0 Å². The molecule has 254 valence electrons. The van der Waals surface area contributed by atoms with Crippen molar-refractivity contribution in [3.63, 3.8) is 0 Å². The minimum atomic E-state index is -0.247. The third-order valence-corrected chi connectivity index (χ3v) is 8.52. The summed E-state index contributed by atoms with van der Waals surface area (Å²) in [6.07, 6.45) is -0.332. The number of hydrogen-bond acceptors (Lipinski definition) is 6. The van der Waals surface area contributed by atoms with E-state index in [4.69, 9.17) is 9.68 Å². The van der Waals surface area contributed by atoms with Crippen LogP contribution in [0.1, 0.15) is 141 Å². The first-order valence-corrected chi connectivity index (χ1v) is 16.9. The summed E-state index contributed by atoms with van der Waals surface area (Å²) in [5, 5.41) is 23.4. The molecule has 0 saturated carbocycles. The van der Waals surface area contributed by atoms with E-state index in [0.29, 0.717) is 11.8 Å². The summed E-state index contributed by atoms with van der Waals surface area (Å²) in [6, 6.07) is 25.1. The second kappa shape index (κ2) is 16.0. The van der Waals surface area contributed by atoms with Crippen molar-refractivity contribution in [1.82, 2.24) is 10.1 Å². The molecule has 4 unspecified atom stereocenters. The van der Waals surface area contributed by atoms with Crippen molar-refractivity contribution in [2.24, 2.45) is 11.8 Å². The van der Waals surface area contributed by atoms with Gasteiger partial charge in [0, 0.05) is 11.1 Å². The van der Waals surface area contributed by atoms with Gasteiger partial charge in [0.2, 0.25) is 0 Å². The van der Waals surface area contributed by atoms with Gasteiger partial charge in [-0.15, -0.1) is 0 Å². The molecule has 2 N–H and O–H groups in total. The molecule has 0 heterocycles. The Bertz CT molecular complexity index is 1220. The maximum absolute atomic E-state index is 9.55. The van der Waals surface area contributed by atoms with E-state index in [0.717, 1.165) is 22.3 Å². The number of hydrogen-bond donors (Lipinski definition) is 2. The Morgan fingerprint density at radius 2 is 0.739 bits per heavy atom. The van der Waals surface area contributed by atoms with E-state index in [1.165, 1.54) is 11.1 Å². The van der Waals surface area contributed by atoms with Gasteiger partial charge < -0.3 is 10.2 Å². The second-order valence-electron chi connectivity index (χ2n) is 15.3. The van der Waals surface area contributed by atoms with E-state index < -0.39 is 0 Å². The van der Waals surface area contributed by atoms with Crippen LogP contribution >= 0.6 is 0 Å². The van der Waals surface area contributed by atoms with Crippen LogP contribution in [0.5, 0.6) is 0 Å². The molecule has 0 radical (unpaired) electrons. The Morgan fingerprint density at radius 3 is 0.957 bits per heavy atom. The monoisotopic (exact) mass is 632 g/mol. The summed E-state index contributed by atoms with van der Waals surface area (Å²) in [5.74, 6) is 0.611. The number of nitrogens with zero attached hydrogens (tertiary/aromatic N) is 2. The van der Waals surface area contributed by atoms with Gasteiger partial charge in [-0.1, -0.05) is 100 Å². The van der Waals surface area contributed by atoms with Crippen LogP contribution in [0, 0.1) is 11.8 Å². The van der Waals surface area contributed by atoms with Gasteiger partial charge in [0.05, 0.1) is 25.3 Å². The highest BCUT2D eigenvalue weighted by atomic mass is 16.7.